The van der Waals surface area contributed by atoms with Crippen LogP contribution in [0.5, 0.6) is 0 Å². The van der Waals surface area contributed by atoms with Gasteiger partial charge in [-0.3, -0.25) is 4.79 Å². The Kier molecular flexibility index (Phi) is 5.32. The van der Waals surface area contributed by atoms with E-state index < -0.39 is 17.9 Å². The summed E-state index contributed by atoms with van der Waals surface area (Å²) >= 11 is 0. The predicted octanol–water partition coefficient (Wildman–Crippen LogP) is -0.774. The van der Waals surface area contributed by atoms with Crippen molar-refractivity contribution in [3.63, 3.8) is 0 Å². The zero-order valence-electron chi connectivity index (χ0n) is 7.24. The number of hydrogen-bond acceptors (Lipinski definition) is 3. The highest BCUT2D eigenvalue weighted by Crippen LogP contribution is 1.90. The summed E-state index contributed by atoms with van der Waals surface area (Å²) in [5, 5.41) is 10.8. The maximum atomic E-state index is 10.9. The predicted molar refractivity (Wildman–Crippen MR) is 44.9 cm³/mol. The Hall–Kier alpha value is -1.54. The zero-order chi connectivity index (χ0) is 10.3. The summed E-state index contributed by atoms with van der Waals surface area (Å²) < 4.78 is 4.51. The van der Waals surface area contributed by atoms with Crippen LogP contribution in [0.15, 0.2) is 0 Å². The highest BCUT2D eigenvalue weighted by Gasteiger charge is 2.17. The van der Waals surface area contributed by atoms with Gasteiger partial charge in [0.05, 0.1) is 0 Å². The molecule has 1 amide bonds. The Morgan fingerprint density at radius 3 is 2.69 bits per heavy atom. The maximum Gasteiger partial charge on any atom is 0.327 e. The van der Waals surface area contributed by atoms with Crippen molar-refractivity contribution in [2.75, 3.05) is 13.7 Å². The molecule has 0 heterocycles. The summed E-state index contributed by atoms with van der Waals surface area (Å²) in [4.78, 5) is 21.3. The van der Waals surface area contributed by atoms with Gasteiger partial charge in [0.1, 0.15) is 12.6 Å². The van der Waals surface area contributed by atoms with Crippen LogP contribution >= 0.6 is 0 Å². The Bertz CT molecular complexity index is 231. The van der Waals surface area contributed by atoms with Crippen molar-refractivity contribution in [1.82, 2.24) is 5.32 Å². The molecule has 0 rings (SSSR count). The van der Waals surface area contributed by atoms with Crippen molar-refractivity contribution in [1.29, 1.82) is 0 Å². The van der Waals surface area contributed by atoms with Crippen molar-refractivity contribution >= 4 is 11.9 Å². The van der Waals surface area contributed by atoms with Crippen molar-refractivity contribution in [3.05, 3.63) is 0 Å². The number of methoxy groups -OCH3 is 1. The molecule has 0 aliphatic heterocycles. The molecule has 0 saturated carbocycles. The fraction of sp³-hybridized carbons (Fsp3) is 0.500. The van der Waals surface area contributed by atoms with Crippen molar-refractivity contribution in [3.8, 4) is 12.3 Å². The molecule has 0 aromatic rings. The van der Waals surface area contributed by atoms with Crippen molar-refractivity contribution in [2.45, 2.75) is 12.5 Å². The summed E-state index contributed by atoms with van der Waals surface area (Å²) in [7, 11) is 1.34. The number of carboxylic acids is 1. The van der Waals surface area contributed by atoms with E-state index in [1.54, 1.807) is 0 Å². The molecule has 0 aliphatic carbocycles. The van der Waals surface area contributed by atoms with Gasteiger partial charge in [-0.2, -0.15) is 0 Å². The second kappa shape index (κ2) is 6.03. The summed E-state index contributed by atoms with van der Waals surface area (Å²) in [5.41, 5.74) is 0. The summed E-state index contributed by atoms with van der Waals surface area (Å²) in [6, 6.07) is -1.03. The average molecular weight is 185 g/mol. The van der Waals surface area contributed by atoms with Gasteiger partial charge >= 0.3 is 5.97 Å². The fourth-order valence-electron chi connectivity index (χ4n) is 0.685. The molecule has 0 saturated heterocycles. The van der Waals surface area contributed by atoms with Gasteiger partial charge in [-0.15, -0.1) is 12.3 Å². The first-order chi connectivity index (χ1) is 6.11. The van der Waals surface area contributed by atoms with Crippen LogP contribution in [0.3, 0.4) is 0 Å². The van der Waals surface area contributed by atoms with Crippen LogP contribution < -0.4 is 5.32 Å². The third-order valence-electron chi connectivity index (χ3n) is 1.23. The van der Waals surface area contributed by atoms with Gasteiger partial charge in [0.2, 0.25) is 5.91 Å². The molecule has 5 nitrogen and oxygen atoms in total. The van der Waals surface area contributed by atoms with Crippen LogP contribution in [-0.2, 0) is 14.3 Å². The molecule has 72 valence electrons. The number of aliphatic carboxylic acids is 1. The molecule has 13 heavy (non-hydrogen) atoms. The normalized spacial score (nSPS) is 11.4. The molecule has 0 spiro atoms. The van der Waals surface area contributed by atoms with Crippen LogP contribution in [0.25, 0.3) is 0 Å². The van der Waals surface area contributed by atoms with E-state index in [1.807, 2.05) is 0 Å². The van der Waals surface area contributed by atoms with Gasteiger partial charge in [0.25, 0.3) is 0 Å². The van der Waals surface area contributed by atoms with E-state index in [1.165, 1.54) is 7.11 Å². The molecule has 1 atom stereocenters. The van der Waals surface area contributed by atoms with Gasteiger partial charge in [-0.05, 0) is 0 Å². The number of carbonyl (C=O) groups excluding carboxylic acids is 1. The van der Waals surface area contributed by atoms with E-state index in [4.69, 9.17) is 11.5 Å². The third-order valence-corrected chi connectivity index (χ3v) is 1.23. The molecule has 0 fully saturated rings. The van der Waals surface area contributed by atoms with E-state index in [0.717, 1.165) is 0 Å². The molecule has 0 radical (unpaired) electrons. The highest BCUT2D eigenvalue weighted by molar-refractivity contribution is 5.84. The zero-order valence-corrected chi connectivity index (χ0v) is 7.24. The fourth-order valence-corrected chi connectivity index (χ4v) is 0.685. The molecule has 0 aliphatic rings. The minimum absolute atomic E-state index is 0.0369. The topological polar surface area (TPSA) is 75.6 Å². The van der Waals surface area contributed by atoms with Crippen LogP contribution in [0.1, 0.15) is 6.42 Å². The van der Waals surface area contributed by atoms with Crippen LogP contribution in [0.2, 0.25) is 0 Å². The monoisotopic (exact) mass is 185 g/mol. The third kappa shape index (κ3) is 4.82. The number of amides is 1. The Morgan fingerprint density at radius 2 is 2.31 bits per heavy atom. The Morgan fingerprint density at radius 1 is 1.69 bits per heavy atom. The molecule has 0 aromatic carbocycles. The SMILES string of the molecule is C#CCC(NC(=O)COC)C(=O)O. The van der Waals surface area contributed by atoms with Crippen molar-refractivity contribution < 1.29 is 19.4 Å². The smallest absolute Gasteiger partial charge is 0.327 e. The molecule has 1 unspecified atom stereocenters. The van der Waals surface area contributed by atoms with Gasteiger partial charge in [-0.25, -0.2) is 4.79 Å². The number of terminal acetylenes is 1. The second-order valence-electron chi connectivity index (χ2n) is 2.30. The van der Waals surface area contributed by atoms with E-state index in [0.29, 0.717) is 0 Å². The highest BCUT2D eigenvalue weighted by atomic mass is 16.5. The lowest BCUT2D eigenvalue weighted by molar-refractivity contribution is -0.142. The Labute approximate surface area is 76.1 Å². The van der Waals surface area contributed by atoms with E-state index in [-0.39, 0.29) is 13.0 Å². The summed E-state index contributed by atoms with van der Waals surface area (Å²) in [6.45, 7) is -0.172. The quantitative estimate of drug-likeness (QED) is 0.551. The second-order valence-corrected chi connectivity index (χ2v) is 2.30. The maximum absolute atomic E-state index is 10.9. The van der Waals surface area contributed by atoms with Crippen LogP contribution in [0, 0.1) is 12.3 Å². The standard InChI is InChI=1S/C8H11NO4/c1-3-4-6(8(11)12)9-7(10)5-13-2/h1,6H,4-5H2,2H3,(H,9,10)(H,11,12). The first-order valence-electron chi connectivity index (χ1n) is 3.56. The minimum atomic E-state index is -1.15. The lowest BCUT2D eigenvalue weighted by Crippen LogP contribution is -2.42. The number of carboxylic acid groups (broad SMARTS) is 1. The number of carbonyl (C=O) groups is 2. The van der Waals surface area contributed by atoms with Gasteiger partial charge < -0.3 is 15.2 Å². The number of rotatable bonds is 5. The molecule has 5 heteroatoms. The van der Waals surface area contributed by atoms with Gasteiger partial charge in [-0.1, -0.05) is 0 Å². The van der Waals surface area contributed by atoms with E-state index in [2.05, 4.69) is 16.0 Å². The lowest BCUT2D eigenvalue weighted by Gasteiger charge is -2.10. The summed E-state index contributed by atoms with van der Waals surface area (Å²) in [6.07, 6.45) is 4.88. The molecule has 0 aromatic heterocycles. The van der Waals surface area contributed by atoms with Crippen molar-refractivity contribution in [2.24, 2.45) is 0 Å². The lowest BCUT2D eigenvalue weighted by atomic mass is 10.2. The molecule has 2 N–H and O–H groups in total. The first kappa shape index (κ1) is 11.5. The Balaban J connectivity index is 4.03. The van der Waals surface area contributed by atoms with E-state index >= 15 is 0 Å². The number of hydrogen-bond donors (Lipinski definition) is 2. The summed E-state index contributed by atoms with van der Waals surface area (Å²) in [5.74, 6) is 0.514. The molecular weight excluding hydrogens is 174 g/mol. The largest absolute Gasteiger partial charge is 0.480 e. The van der Waals surface area contributed by atoms with Crippen LogP contribution in [0.4, 0.5) is 0 Å². The van der Waals surface area contributed by atoms with Crippen LogP contribution in [-0.4, -0.2) is 36.7 Å². The van der Waals surface area contributed by atoms with Gasteiger partial charge in [0.15, 0.2) is 0 Å². The first-order valence-corrected chi connectivity index (χ1v) is 3.56. The van der Waals surface area contributed by atoms with Gasteiger partial charge in [0, 0.05) is 13.5 Å². The molecule has 0 bridgehead atoms. The number of nitrogens with one attached hydrogen (secondary N) is 1. The number of ether oxygens (including phenoxy) is 1. The van der Waals surface area contributed by atoms with E-state index in [9.17, 15) is 9.59 Å². The average Bonchev–Trinajstić information content (AvgIpc) is 2.04. The molecular formula is C8H11NO4. The minimum Gasteiger partial charge on any atom is -0.480 e.